The van der Waals surface area contributed by atoms with Crippen molar-refractivity contribution in [2.45, 2.75) is 101 Å². The topological polar surface area (TPSA) is 131 Å². The van der Waals surface area contributed by atoms with Crippen molar-refractivity contribution in [2.75, 3.05) is 50.7 Å². The van der Waals surface area contributed by atoms with Crippen LogP contribution in [0, 0.1) is 0 Å². The molecule has 2 unspecified atom stereocenters. The third kappa shape index (κ3) is 6.25. The molecule has 3 saturated heterocycles. The van der Waals surface area contributed by atoms with E-state index in [1.165, 1.54) is 23.2 Å². The first-order valence-corrected chi connectivity index (χ1v) is 21.4. The third-order valence-electron chi connectivity index (χ3n) is 14.1. The fraction of sp³-hybridized carbons (Fsp3) is 0.523. The largest absolute Gasteiger partial charge is 0.374 e. The van der Waals surface area contributed by atoms with Gasteiger partial charge in [0.15, 0.2) is 0 Å². The second kappa shape index (κ2) is 14.5. The van der Waals surface area contributed by atoms with Gasteiger partial charge in [-0.25, -0.2) is 0 Å². The number of aliphatic hydroxyl groups is 1. The SMILES string of the molecule is O=C1CCC(N2Cc3cc(N4CCN(C(=O)CN5CCC(c6ccc7c(c6)-n6c(nc(=O)c8c6CCC=C8Cl)C76CCCCC6)CC5)CC4)ccc3C2O)C(=O)N1. The molecule has 298 valence electrons. The third-order valence-corrected chi connectivity index (χ3v) is 14.5. The first kappa shape index (κ1) is 36.9. The first-order valence-electron chi connectivity index (χ1n) is 21.0. The second-order valence-corrected chi connectivity index (χ2v) is 17.6. The molecule has 1 aromatic heterocycles. The Kier molecular flexibility index (Phi) is 9.38. The molecule has 3 aromatic rings. The number of aliphatic hydroxyl groups excluding tert-OH is 1. The van der Waals surface area contributed by atoms with Gasteiger partial charge in [0.1, 0.15) is 12.1 Å². The zero-order valence-electron chi connectivity index (χ0n) is 32.3. The molecule has 1 saturated carbocycles. The number of anilines is 1. The lowest BCUT2D eigenvalue weighted by atomic mass is 9.69. The number of amides is 3. The van der Waals surface area contributed by atoms with Crippen molar-refractivity contribution in [3.8, 4) is 5.69 Å². The Morgan fingerprint density at radius 1 is 0.930 bits per heavy atom. The average Bonchev–Trinajstić information content (AvgIpc) is 3.68. The van der Waals surface area contributed by atoms with Crippen molar-refractivity contribution in [1.82, 2.24) is 29.6 Å². The molecule has 2 aliphatic carbocycles. The molecular weight excluding hydrogens is 742 g/mol. The van der Waals surface area contributed by atoms with Crippen LogP contribution in [0.15, 0.2) is 47.3 Å². The number of piperazine rings is 1. The summed E-state index contributed by atoms with van der Waals surface area (Å²) in [6, 6.07) is 12.6. The number of rotatable bonds is 5. The smallest absolute Gasteiger partial charge is 0.282 e. The van der Waals surface area contributed by atoms with E-state index >= 15 is 0 Å². The molecule has 6 heterocycles. The summed E-state index contributed by atoms with van der Waals surface area (Å²) in [4.78, 5) is 64.3. The number of carbonyl (C=O) groups excluding carboxylic acids is 3. The lowest BCUT2D eigenvalue weighted by Crippen LogP contribution is -2.52. The standard InChI is InChI=1S/C44H50ClN7O5/c45-33-5-4-6-34-39(33)41(56)47-43-44(15-2-1-3-16-44)32-10-7-28(24-36(32)52(34)43)27-13-17-48(18-14-27)26-38(54)50-21-19-49(20-22-50)30-8-9-31-29(23-30)25-51(42(31)57)35-11-12-37(53)46-40(35)55/h5,7-10,23-24,27,35,42,57H,1-4,6,11-22,25-26H2,(H,46,53,55). The maximum atomic E-state index is 13.6. The van der Waals surface area contributed by atoms with Crippen molar-refractivity contribution in [1.29, 1.82) is 0 Å². The minimum absolute atomic E-state index is 0.177. The number of imide groups is 1. The lowest BCUT2D eigenvalue weighted by Gasteiger charge is -2.38. The Morgan fingerprint density at radius 2 is 1.72 bits per heavy atom. The molecule has 1 spiro atoms. The highest BCUT2D eigenvalue weighted by molar-refractivity contribution is 6.49. The van der Waals surface area contributed by atoms with E-state index in [-0.39, 0.29) is 35.1 Å². The van der Waals surface area contributed by atoms with Crippen LogP contribution in [0.25, 0.3) is 10.7 Å². The number of hydrogen-bond acceptors (Lipinski definition) is 9. The minimum atomic E-state index is -0.883. The Hall–Kier alpha value is -4.36. The summed E-state index contributed by atoms with van der Waals surface area (Å²) in [5.41, 5.74) is 7.83. The number of carbonyl (C=O) groups is 3. The van der Waals surface area contributed by atoms with Crippen LogP contribution >= 0.6 is 11.6 Å². The van der Waals surface area contributed by atoms with Crippen LogP contribution in [0.5, 0.6) is 0 Å². The lowest BCUT2D eigenvalue weighted by molar-refractivity contribution is -0.141. The van der Waals surface area contributed by atoms with Crippen molar-refractivity contribution in [3.63, 3.8) is 0 Å². The molecular formula is C44H50ClN7O5. The molecule has 13 heteroatoms. The monoisotopic (exact) mass is 791 g/mol. The van der Waals surface area contributed by atoms with Crippen LogP contribution < -0.4 is 15.8 Å². The molecule has 0 bridgehead atoms. The Balaban J connectivity index is 0.766. The van der Waals surface area contributed by atoms with Gasteiger partial charge < -0.3 is 19.5 Å². The Labute approximate surface area is 337 Å². The summed E-state index contributed by atoms with van der Waals surface area (Å²) in [5.74, 6) is 0.883. The van der Waals surface area contributed by atoms with E-state index in [0.717, 1.165) is 106 Å². The van der Waals surface area contributed by atoms with Gasteiger partial charge in [0.25, 0.3) is 5.56 Å². The molecule has 2 aromatic carbocycles. The highest BCUT2D eigenvalue weighted by atomic mass is 35.5. The number of allylic oxidation sites excluding steroid dienone is 1. The Morgan fingerprint density at radius 3 is 2.49 bits per heavy atom. The van der Waals surface area contributed by atoms with Gasteiger partial charge in [-0.1, -0.05) is 55.1 Å². The summed E-state index contributed by atoms with van der Waals surface area (Å²) in [6.45, 7) is 5.37. The summed E-state index contributed by atoms with van der Waals surface area (Å²) in [5, 5.41) is 14.0. The normalized spacial score (nSPS) is 24.8. The van der Waals surface area contributed by atoms with E-state index in [4.69, 9.17) is 16.6 Å². The molecule has 7 aliphatic rings. The van der Waals surface area contributed by atoms with E-state index in [9.17, 15) is 24.3 Å². The van der Waals surface area contributed by atoms with E-state index in [1.807, 2.05) is 23.1 Å². The fourth-order valence-electron chi connectivity index (χ4n) is 11.1. The van der Waals surface area contributed by atoms with Crippen LogP contribution in [0.4, 0.5) is 5.69 Å². The van der Waals surface area contributed by atoms with Crippen molar-refractivity contribution < 1.29 is 19.5 Å². The fourth-order valence-corrected chi connectivity index (χ4v) is 11.4. The predicted octanol–water partition coefficient (Wildman–Crippen LogP) is 4.46. The van der Waals surface area contributed by atoms with Crippen molar-refractivity contribution in [2.24, 2.45) is 0 Å². The van der Waals surface area contributed by atoms with E-state index in [0.29, 0.717) is 49.1 Å². The molecule has 10 rings (SSSR count). The first-order chi connectivity index (χ1) is 27.7. The van der Waals surface area contributed by atoms with Crippen LogP contribution in [-0.2, 0) is 32.8 Å². The number of piperidine rings is 2. The number of benzene rings is 2. The van der Waals surface area contributed by atoms with Gasteiger partial charge in [-0.15, -0.1) is 0 Å². The van der Waals surface area contributed by atoms with Gasteiger partial charge >= 0.3 is 0 Å². The number of likely N-dealkylation sites (tertiary alicyclic amines) is 1. The summed E-state index contributed by atoms with van der Waals surface area (Å²) >= 11 is 6.64. The van der Waals surface area contributed by atoms with Gasteiger partial charge in [-0.3, -0.25) is 34.3 Å². The average molecular weight is 792 g/mol. The van der Waals surface area contributed by atoms with Crippen LogP contribution in [0.3, 0.4) is 0 Å². The molecule has 4 fully saturated rings. The van der Waals surface area contributed by atoms with Gasteiger partial charge in [-0.05, 0) is 98.8 Å². The van der Waals surface area contributed by atoms with Gasteiger partial charge in [0, 0.05) is 56.1 Å². The van der Waals surface area contributed by atoms with Crippen LogP contribution in [0.1, 0.15) is 116 Å². The molecule has 12 nitrogen and oxygen atoms in total. The highest BCUT2D eigenvalue weighted by Crippen LogP contribution is 2.52. The molecule has 0 radical (unpaired) electrons. The predicted molar refractivity (Wildman–Crippen MR) is 216 cm³/mol. The number of fused-ring (bicyclic) bond motifs is 8. The van der Waals surface area contributed by atoms with Gasteiger partial charge in [0.2, 0.25) is 17.7 Å². The Bertz CT molecular complexity index is 2250. The number of hydrogen-bond donors (Lipinski definition) is 2. The van der Waals surface area contributed by atoms with Gasteiger partial charge in [-0.2, -0.15) is 4.98 Å². The molecule has 2 atom stereocenters. The highest BCUT2D eigenvalue weighted by Gasteiger charge is 2.48. The van der Waals surface area contributed by atoms with E-state index in [1.54, 1.807) is 4.90 Å². The quantitative estimate of drug-likeness (QED) is 0.360. The molecule has 2 N–H and O–H groups in total. The second-order valence-electron chi connectivity index (χ2n) is 17.2. The number of halogens is 1. The molecule has 5 aliphatic heterocycles. The summed E-state index contributed by atoms with van der Waals surface area (Å²) in [6.07, 6.45) is 10.8. The summed E-state index contributed by atoms with van der Waals surface area (Å²) in [7, 11) is 0. The minimum Gasteiger partial charge on any atom is -0.374 e. The van der Waals surface area contributed by atoms with Crippen molar-refractivity contribution >= 4 is 40.0 Å². The molecule has 3 amide bonds. The van der Waals surface area contributed by atoms with Crippen molar-refractivity contribution in [3.05, 3.63) is 92.2 Å². The maximum Gasteiger partial charge on any atom is 0.282 e. The van der Waals surface area contributed by atoms with E-state index in [2.05, 4.69) is 43.9 Å². The van der Waals surface area contributed by atoms with Crippen LogP contribution in [0.2, 0.25) is 0 Å². The number of nitrogens with one attached hydrogen (secondary N) is 1. The van der Waals surface area contributed by atoms with Crippen LogP contribution in [-0.4, -0.2) is 98.9 Å². The number of aromatic nitrogens is 2. The zero-order valence-corrected chi connectivity index (χ0v) is 33.1. The van der Waals surface area contributed by atoms with E-state index < -0.39 is 12.3 Å². The maximum absolute atomic E-state index is 13.6. The number of nitrogens with zero attached hydrogens (tertiary/aromatic N) is 6. The zero-order chi connectivity index (χ0) is 39.0. The molecule has 57 heavy (non-hydrogen) atoms. The van der Waals surface area contributed by atoms with Gasteiger partial charge in [0.05, 0.1) is 34.3 Å². The summed E-state index contributed by atoms with van der Waals surface area (Å²) < 4.78 is 2.32.